The summed E-state index contributed by atoms with van der Waals surface area (Å²) >= 11 is 0. The van der Waals surface area contributed by atoms with E-state index in [1.807, 2.05) is 13.0 Å². The van der Waals surface area contributed by atoms with E-state index in [4.69, 9.17) is 18.9 Å². The highest BCUT2D eigenvalue weighted by molar-refractivity contribution is 5.05. The molecule has 0 aliphatic carbocycles. The van der Waals surface area contributed by atoms with Gasteiger partial charge in [0.15, 0.2) is 0 Å². The van der Waals surface area contributed by atoms with Gasteiger partial charge in [-0.1, -0.05) is 37.8 Å². The van der Waals surface area contributed by atoms with Gasteiger partial charge in [0.2, 0.25) is 11.6 Å². The number of hydrogen-bond acceptors (Lipinski definition) is 5. The Morgan fingerprint density at radius 2 is 1.87 bits per heavy atom. The Morgan fingerprint density at radius 3 is 2.43 bits per heavy atom. The molecular weight excluding hydrogens is 296 g/mol. The maximum atomic E-state index is 10.4. The fraction of sp³-hybridized carbons (Fsp3) is 0.889. The maximum Gasteiger partial charge on any atom is 0.220 e. The van der Waals surface area contributed by atoms with E-state index in [2.05, 4.69) is 6.92 Å². The van der Waals surface area contributed by atoms with E-state index in [9.17, 15) is 5.11 Å². The van der Waals surface area contributed by atoms with Crippen LogP contribution in [0.25, 0.3) is 0 Å². The summed E-state index contributed by atoms with van der Waals surface area (Å²) in [6.45, 7) is 8.04. The first kappa shape index (κ1) is 20.6. The van der Waals surface area contributed by atoms with E-state index in [1.165, 1.54) is 24.8 Å². The van der Waals surface area contributed by atoms with Crippen LogP contribution in [-0.4, -0.2) is 49.7 Å². The number of hydrogen-bond donors (Lipinski definition) is 1. The zero-order valence-electron chi connectivity index (χ0n) is 15.6. The molecule has 0 saturated carbocycles. The third-order valence-electron chi connectivity index (χ3n) is 4.76. The van der Waals surface area contributed by atoms with E-state index in [-0.39, 0.29) is 6.61 Å². The second-order valence-corrected chi connectivity index (χ2v) is 6.58. The quantitative estimate of drug-likeness (QED) is 0.519. The Bertz CT molecular complexity index is 384. The van der Waals surface area contributed by atoms with Crippen LogP contribution >= 0.6 is 0 Å². The Kier molecular flexibility index (Phi) is 8.18. The highest BCUT2D eigenvalue weighted by Crippen LogP contribution is 2.37. The third kappa shape index (κ3) is 5.26. The van der Waals surface area contributed by atoms with Gasteiger partial charge in [-0.3, -0.25) is 0 Å². The van der Waals surface area contributed by atoms with Crippen molar-refractivity contribution in [2.24, 2.45) is 0 Å². The van der Waals surface area contributed by atoms with Crippen molar-refractivity contribution in [2.45, 2.75) is 83.6 Å². The molecule has 1 aliphatic heterocycles. The minimum Gasteiger partial charge on any atom is -0.386 e. The zero-order valence-corrected chi connectivity index (χ0v) is 15.6. The van der Waals surface area contributed by atoms with Crippen LogP contribution in [0.5, 0.6) is 0 Å². The summed E-state index contributed by atoms with van der Waals surface area (Å²) in [5.74, 6) is -2.08. The van der Waals surface area contributed by atoms with E-state index in [1.54, 1.807) is 28.1 Å². The fourth-order valence-corrected chi connectivity index (χ4v) is 2.76. The van der Waals surface area contributed by atoms with E-state index in [0.717, 1.165) is 12.8 Å². The lowest BCUT2D eigenvalue weighted by molar-refractivity contribution is -0.435. The molecule has 5 nitrogen and oxygen atoms in total. The largest absolute Gasteiger partial charge is 0.386 e. The monoisotopic (exact) mass is 330 g/mol. The van der Waals surface area contributed by atoms with Crippen molar-refractivity contribution >= 4 is 0 Å². The summed E-state index contributed by atoms with van der Waals surface area (Å²) in [6.07, 6.45) is 6.54. The first-order valence-electron chi connectivity index (χ1n) is 8.59. The molecule has 0 unspecified atom stereocenters. The molecule has 1 aliphatic rings. The highest BCUT2D eigenvalue weighted by Gasteiger charge is 2.54. The Labute approximate surface area is 140 Å². The summed E-state index contributed by atoms with van der Waals surface area (Å²) in [5, 5.41) is 10.4. The molecule has 5 heteroatoms. The molecule has 1 heterocycles. The average Bonchev–Trinajstić information content (AvgIpc) is 2.54. The normalized spacial score (nSPS) is 33.7. The number of rotatable bonds is 9. The van der Waals surface area contributed by atoms with Crippen LogP contribution in [0.2, 0.25) is 0 Å². The standard InChI is InChI=1S/C18H34O5/c1-7-8-9-10-11-14(2)12-15(19)16-13-22-17(3,20-5)18(4,21-6)23-16/h12,15-16,19H,7-11,13H2,1-6H3/b14-12+/t15-,16+,17-,18-/m1/s1. The number of methoxy groups -OCH3 is 2. The van der Waals surface area contributed by atoms with Gasteiger partial charge in [-0.15, -0.1) is 0 Å². The molecule has 0 aromatic rings. The van der Waals surface area contributed by atoms with E-state index >= 15 is 0 Å². The van der Waals surface area contributed by atoms with Crippen molar-refractivity contribution in [3.63, 3.8) is 0 Å². The van der Waals surface area contributed by atoms with Crippen molar-refractivity contribution in [2.75, 3.05) is 20.8 Å². The van der Waals surface area contributed by atoms with Crippen LogP contribution in [0, 0.1) is 0 Å². The Balaban J connectivity index is 2.62. The van der Waals surface area contributed by atoms with Gasteiger partial charge in [0.05, 0.1) is 6.61 Å². The van der Waals surface area contributed by atoms with Gasteiger partial charge in [-0.05, 0) is 33.6 Å². The second kappa shape index (κ2) is 9.14. The van der Waals surface area contributed by atoms with E-state index < -0.39 is 23.8 Å². The van der Waals surface area contributed by atoms with Crippen molar-refractivity contribution in [3.8, 4) is 0 Å². The number of aliphatic hydroxyl groups is 1. The number of allylic oxidation sites excluding steroid dienone is 1. The summed E-state index contributed by atoms with van der Waals surface area (Å²) in [7, 11) is 3.10. The molecular formula is C18H34O5. The van der Waals surface area contributed by atoms with Crippen molar-refractivity contribution in [1.29, 1.82) is 0 Å². The van der Waals surface area contributed by atoms with Gasteiger partial charge in [-0.25, -0.2) is 0 Å². The molecule has 0 aromatic heterocycles. The smallest absolute Gasteiger partial charge is 0.220 e. The predicted octanol–water partition coefficient (Wildman–Crippen LogP) is 3.40. The molecule has 1 saturated heterocycles. The van der Waals surface area contributed by atoms with Gasteiger partial charge >= 0.3 is 0 Å². The van der Waals surface area contributed by atoms with Gasteiger partial charge in [0.1, 0.15) is 12.2 Å². The van der Waals surface area contributed by atoms with Crippen molar-refractivity contribution in [3.05, 3.63) is 11.6 Å². The number of ether oxygens (including phenoxy) is 4. The first-order chi connectivity index (χ1) is 10.8. The molecule has 0 bridgehead atoms. The van der Waals surface area contributed by atoms with Crippen molar-refractivity contribution in [1.82, 2.24) is 0 Å². The SMILES string of the molecule is CCCCCC/C(C)=C/[C@@H](O)[C@@H]1CO[C@@](C)(OC)[C@](C)(OC)O1. The van der Waals surface area contributed by atoms with E-state index in [0.29, 0.717) is 0 Å². The highest BCUT2D eigenvalue weighted by atomic mass is 16.8. The molecule has 4 atom stereocenters. The molecule has 0 aromatic carbocycles. The molecule has 1 N–H and O–H groups in total. The molecule has 1 fully saturated rings. The minimum atomic E-state index is -1.07. The summed E-state index contributed by atoms with van der Waals surface area (Å²) in [4.78, 5) is 0. The topological polar surface area (TPSA) is 57.2 Å². The van der Waals surface area contributed by atoms with Crippen LogP contribution in [-0.2, 0) is 18.9 Å². The average molecular weight is 330 g/mol. The van der Waals surface area contributed by atoms with Gasteiger partial charge in [-0.2, -0.15) is 0 Å². The molecule has 0 spiro atoms. The van der Waals surface area contributed by atoms with Gasteiger partial charge < -0.3 is 24.1 Å². The fourth-order valence-electron chi connectivity index (χ4n) is 2.76. The maximum absolute atomic E-state index is 10.4. The molecule has 0 radical (unpaired) electrons. The van der Waals surface area contributed by atoms with Crippen LogP contribution in [0.4, 0.5) is 0 Å². The summed E-state index contributed by atoms with van der Waals surface area (Å²) in [5.41, 5.74) is 1.18. The lowest BCUT2D eigenvalue weighted by atomic mass is 10.0. The molecule has 23 heavy (non-hydrogen) atoms. The van der Waals surface area contributed by atoms with Crippen LogP contribution in [0.3, 0.4) is 0 Å². The van der Waals surface area contributed by atoms with Crippen molar-refractivity contribution < 1.29 is 24.1 Å². The molecule has 136 valence electrons. The van der Waals surface area contributed by atoms with Crippen LogP contribution < -0.4 is 0 Å². The molecule has 0 amide bonds. The zero-order chi connectivity index (χ0) is 17.5. The Morgan fingerprint density at radius 1 is 1.22 bits per heavy atom. The first-order valence-corrected chi connectivity index (χ1v) is 8.59. The second-order valence-electron chi connectivity index (χ2n) is 6.58. The lowest BCUT2D eigenvalue weighted by Gasteiger charge is -2.49. The van der Waals surface area contributed by atoms with Crippen LogP contribution in [0.1, 0.15) is 59.8 Å². The molecule has 1 rings (SSSR count). The summed E-state index contributed by atoms with van der Waals surface area (Å²) in [6, 6.07) is 0. The number of aliphatic hydroxyl groups excluding tert-OH is 1. The van der Waals surface area contributed by atoms with Gasteiger partial charge in [0.25, 0.3) is 0 Å². The number of unbranched alkanes of at least 4 members (excludes halogenated alkanes) is 3. The predicted molar refractivity (Wildman–Crippen MR) is 90.2 cm³/mol. The third-order valence-corrected chi connectivity index (χ3v) is 4.76. The summed E-state index contributed by atoms with van der Waals surface area (Å²) < 4.78 is 22.6. The lowest BCUT2D eigenvalue weighted by Crippen LogP contribution is -2.63. The van der Waals surface area contributed by atoms with Gasteiger partial charge in [0, 0.05) is 14.2 Å². The van der Waals surface area contributed by atoms with Crippen LogP contribution in [0.15, 0.2) is 11.6 Å². The Hall–Kier alpha value is -0.460. The minimum absolute atomic E-state index is 0.254.